The van der Waals surface area contributed by atoms with Crippen molar-refractivity contribution in [2.24, 2.45) is 5.92 Å². The van der Waals surface area contributed by atoms with Crippen LogP contribution in [0.4, 0.5) is 11.6 Å². The average molecular weight is 252 g/mol. The van der Waals surface area contributed by atoms with Gasteiger partial charge < -0.3 is 15.8 Å². The third-order valence-electron chi connectivity index (χ3n) is 2.97. The highest BCUT2D eigenvalue weighted by molar-refractivity contribution is 5.57. The molecule has 3 N–H and O–H groups in total. The second kappa shape index (κ2) is 6.54. The highest BCUT2D eigenvalue weighted by atomic mass is 16.5. The number of nitrogens with zero attached hydrogens (tertiary/aromatic N) is 2. The normalized spacial score (nSPS) is 13.1. The topological polar surface area (TPSA) is 73.1 Å². The molecule has 18 heavy (non-hydrogen) atoms. The van der Waals surface area contributed by atoms with E-state index in [2.05, 4.69) is 43.0 Å². The molecule has 0 aliphatic rings. The maximum Gasteiger partial charge on any atom is 0.135 e. The molecule has 102 valence electrons. The van der Waals surface area contributed by atoms with Crippen LogP contribution in [0.5, 0.6) is 0 Å². The zero-order valence-electron chi connectivity index (χ0n) is 11.9. The molecule has 1 unspecified atom stereocenters. The van der Waals surface area contributed by atoms with E-state index in [0.29, 0.717) is 18.3 Å². The number of ether oxygens (including phenoxy) is 1. The number of rotatable bonds is 6. The zero-order valence-corrected chi connectivity index (χ0v) is 11.9. The van der Waals surface area contributed by atoms with E-state index in [0.717, 1.165) is 11.4 Å². The van der Waals surface area contributed by atoms with Crippen LogP contribution in [0.1, 0.15) is 39.2 Å². The summed E-state index contributed by atoms with van der Waals surface area (Å²) in [6.07, 6.45) is 1.49. The smallest absolute Gasteiger partial charge is 0.135 e. The summed E-state index contributed by atoms with van der Waals surface area (Å²) in [5, 5.41) is 3.41. The number of aromatic nitrogens is 2. The Kier molecular flexibility index (Phi) is 5.34. The molecule has 1 rings (SSSR count). The summed E-state index contributed by atoms with van der Waals surface area (Å²) in [6.45, 7) is 9.10. The minimum atomic E-state index is 0.210. The van der Waals surface area contributed by atoms with Gasteiger partial charge in [0, 0.05) is 12.7 Å². The number of nitrogen functional groups attached to an aromatic ring is 1. The van der Waals surface area contributed by atoms with Gasteiger partial charge in [0.15, 0.2) is 0 Å². The molecule has 0 bridgehead atoms. The minimum Gasteiger partial charge on any atom is -0.383 e. The van der Waals surface area contributed by atoms with E-state index in [4.69, 9.17) is 10.5 Å². The van der Waals surface area contributed by atoms with Crippen molar-refractivity contribution in [3.05, 3.63) is 11.9 Å². The van der Waals surface area contributed by atoms with Crippen LogP contribution in [0, 0.1) is 5.92 Å². The maximum atomic E-state index is 5.93. The van der Waals surface area contributed by atoms with Crippen LogP contribution < -0.4 is 11.1 Å². The SMILES string of the molecule is COCC(Nc1ncnc(N)c1C(C)C)C(C)C. The lowest BCUT2D eigenvalue weighted by molar-refractivity contribution is 0.171. The van der Waals surface area contributed by atoms with Crippen molar-refractivity contribution < 1.29 is 4.74 Å². The van der Waals surface area contributed by atoms with Gasteiger partial charge >= 0.3 is 0 Å². The number of hydrogen-bond acceptors (Lipinski definition) is 5. The van der Waals surface area contributed by atoms with Gasteiger partial charge in [-0.05, 0) is 11.8 Å². The lowest BCUT2D eigenvalue weighted by atomic mass is 10.0. The second-order valence-corrected chi connectivity index (χ2v) is 5.13. The Bertz CT molecular complexity index is 379. The Labute approximate surface area is 109 Å². The third kappa shape index (κ3) is 3.57. The van der Waals surface area contributed by atoms with E-state index < -0.39 is 0 Å². The number of methoxy groups -OCH3 is 1. The summed E-state index contributed by atoms with van der Waals surface area (Å²) in [6, 6.07) is 0.210. The van der Waals surface area contributed by atoms with Crippen molar-refractivity contribution in [2.75, 3.05) is 24.8 Å². The summed E-state index contributed by atoms with van der Waals surface area (Å²) in [5.41, 5.74) is 6.90. The first kappa shape index (κ1) is 14.7. The van der Waals surface area contributed by atoms with Gasteiger partial charge in [0.1, 0.15) is 18.0 Å². The molecular formula is C13H24N4O. The Morgan fingerprint density at radius 3 is 2.44 bits per heavy atom. The quantitative estimate of drug-likeness (QED) is 0.812. The molecule has 0 aliphatic carbocycles. The highest BCUT2D eigenvalue weighted by Crippen LogP contribution is 2.27. The first-order chi connectivity index (χ1) is 8.47. The van der Waals surface area contributed by atoms with E-state index >= 15 is 0 Å². The van der Waals surface area contributed by atoms with Gasteiger partial charge in [-0.2, -0.15) is 0 Å². The molecule has 0 fully saturated rings. The summed E-state index contributed by atoms with van der Waals surface area (Å²) in [7, 11) is 1.70. The van der Waals surface area contributed by atoms with E-state index in [1.807, 2.05) is 0 Å². The van der Waals surface area contributed by atoms with Crippen molar-refractivity contribution in [2.45, 2.75) is 39.7 Å². The number of nitrogens with one attached hydrogen (secondary N) is 1. The van der Waals surface area contributed by atoms with Gasteiger partial charge in [-0.25, -0.2) is 9.97 Å². The zero-order chi connectivity index (χ0) is 13.7. The fraction of sp³-hybridized carbons (Fsp3) is 0.692. The molecule has 0 spiro atoms. The van der Waals surface area contributed by atoms with E-state index in [1.54, 1.807) is 7.11 Å². The van der Waals surface area contributed by atoms with Crippen LogP contribution in [0.15, 0.2) is 6.33 Å². The van der Waals surface area contributed by atoms with E-state index in [-0.39, 0.29) is 12.0 Å². The monoisotopic (exact) mass is 252 g/mol. The van der Waals surface area contributed by atoms with Crippen molar-refractivity contribution in [3.63, 3.8) is 0 Å². The summed E-state index contributed by atoms with van der Waals surface area (Å²) in [4.78, 5) is 8.36. The Morgan fingerprint density at radius 2 is 1.94 bits per heavy atom. The standard InChI is InChI=1S/C13H24N4O/c1-8(2)10(6-18-5)17-13-11(9(3)4)12(14)15-7-16-13/h7-10H,6H2,1-5H3,(H3,14,15,16,17). The van der Waals surface area contributed by atoms with Crippen molar-refractivity contribution >= 4 is 11.6 Å². The number of nitrogens with two attached hydrogens (primary N) is 1. The molecular weight excluding hydrogens is 228 g/mol. The van der Waals surface area contributed by atoms with Crippen LogP contribution in [0.2, 0.25) is 0 Å². The second-order valence-electron chi connectivity index (χ2n) is 5.13. The van der Waals surface area contributed by atoms with Crippen molar-refractivity contribution in [3.8, 4) is 0 Å². The van der Waals surface area contributed by atoms with E-state index in [1.165, 1.54) is 6.33 Å². The van der Waals surface area contributed by atoms with Gasteiger partial charge in [0.25, 0.3) is 0 Å². The average Bonchev–Trinajstić information content (AvgIpc) is 2.27. The molecule has 1 heterocycles. The molecule has 0 radical (unpaired) electrons. The summed E-state index contributed by atoms with van der Waals surface area (Å²) < 4.78 is 5.23. The van der Waals surface area contributed by atoms with Gasteiger partial charge in [-0.1, -0.05) is 27.7 Å². The Morgan fingerprint density at radius 1 is 1.28 bits per heavy atom. The highest BCUT2D eigenvalue weighted by Gasteiger charge is 2.18. The molecule has 5 heteroatoms. The lowest BCUT2D eigenvalue weighted by Gasteiger charge is -2.24. The van der Waals surface area contributed by atoms with Crippen LogP contribution in [0.25, 0.3) is 0 Å². The molecule has 1 atom stereocenters. The van der Waals surface area contributed by atoms with Crippen LogP contribution in [-0.4, -0.2) is 29.7 Å². The Hall–Kier alpha value is -1.36. The van der Waals surface area contributed by atoms with Gasteiger partial charge in [-0.15, -0.1) is 0 Å². The van der Waals surface area contributed by atoms with Crippen molar-refractivity contribution in [1.82, 2.24) is 9.97 Å². The van der Waals surface area contributed by atoms with Crippen LogP contribution in [0.3, 0.4) is 0 Å². The predicted octanol–water partition coefficient (Wildman–Crippen LogP) is 2.27. The van der Waals surface area contributed by atoms with Gasteiger partial charge in [0.2, 0.25) is 0 Å². The summed E-state index contributed by atoms with van der Waals surface area (Å²) >= 11 is 0. The minimum absolute atomic E-state index is 0.210. The summed E-state index contributed by atoms with van der Waals surface area (Å²) in [5.74, 6) is 2.08. The molecule has 1 aromatic heterocycles. The maximum absolute atomic E-state index is 5.93. The largest absolute Gasteiger partial charge is 0.383 e. The predicted molar refractivity (Wildman–Crippen MR) is 74.7 cm³/mol. The Balaban J connectivity index is 2.98. The molecule has 0 saturated carbocycles. The van der Waals surface area contributed by atoms with Gasteiger partial charge in [-0.3, -0.25) is 0 Å². The lowest BCUT2D eigenvalue weighted by Crippen LogP contribution is -2.31. The molecule has 1 aromatic rings. The molecule has 0 aliphatic heterocycles. The fourth-order valence-corrected chi connectivity index (χ4v) is 1.85. The molecule has 0 aromatic carbocycles. The molecule has 5 nitrogen and oxygen atoms in total. The molecule has 0 amide bonds. The van der Waals surface area contributed by atoms with Gasteiger partial charge in [0.05, 0.1) is 12.6 Å². The van der Waals surface area contributed by atoms with E-state index in [9.17, 15) is 0 Å². The van der Waals surface area contributed by atoms with Crippen molar-refractivity contribution in [1.29, 1.82) is 0 Å². The number of anilines is 2. The van der Waals surface area contributed by atoms with Crippen LogP contribution >= 0.6 is 0 Å². The number of hydrogen-bond donors (Lipinski definition) is 2. The first-order valence-electron chi connectivity index (χ1n) is 6.33. The van der Waals surface area contributed by atoms with Crippen LogP contribution in [-0.2, 0) is 4.74 Å². The first-order valence-corrected chi connectivity index (χ1v) is 6.33. The molecule has 0 saturated heterocycles. The fourth-order valence-electron chi connectivity index (χ4n) is 1.85. The third-order valence-corrected chi connectivity index (χ3v) is 2.97.